The number of aryl methyl sites for hydroxylation is 1. The third-order valence-electron chi connectivity index (χ3n) is 7.67. The fourth-order valence-corrected chi connectivity index (χ4v) is 5.04. The number of rotatable bonds is 9. The first kappa shape index (κ1) is 28.2. The second-order valence-electron chi connectivity index (χ2n) is 10.5. The number of allylic oxidation sites excluding steroid dienone is 3. The molecule has 0 atom stereocenters. The van der Waals surface area contributed by atoms with Crippen LogP contribution < -0.4 is 16.0 Å². The van der Waals surface area contributed by atoms with Crippen molar-refractivity contribution < 1.29 is 4.79 Å². The maximum absolute atomic E-state index is 13.4. The van der Waals surface area contributed by atoms with Crippen molar-refractivity contribution in [1.29, 1.82) is 0 Å². The second kappa shape index (κ2) is 13.3. The van der Waals surface area contributed by atoms with E-state index < -0.39 is 0 Å². The summed E-state index contributed by atoms with van der Waals surface area (Å²) in [7, 11) is 0. The number of carbonyl (C=O) groups is 1. The van der Waals surface area contributed by atoms with Crippen LogP contribution in [0.4, 0.5) is 11.4 Å². The number of anilines is 2. The van der Waals surface area contributed by atoms with Crippen molar-refractivity contribution in [3.8, 4) is 0 Å². The van der Waals surface area contributed by atoms with Gasteiger partial charge in [0.25, 0.3) is 5.91 Å². The Morgan fingerprint density at radius 2 is 1.62 bits per heavy atom. The average molecular weight is 523 g/mol. The van der Waals surface area contributed by atoms with Crippen LogP contribution >= 0.6 is 0 Å². The Kier molecular flexibility index (Phi) is 9.61. The number of nitrogens with zero attached hydrogens (tertiary/aromatic N) is 2. The molecule has 0 saturated carbocycles. The molecule has 0 radical (unpaired) electrons. The summed E-state index contributed by atoms with van der Waals surface area (Å²) in [4.78, 5) is 18.3. The molecule has 39 heavy (non-hydrogen) atoms. The normalized spacial score (nSPS) is 15.2. The Hall–Kier alpha value is -3.83. The number of hydrogen-bond donors (Lipinski definition) is 2. The lowest BCUT2D eigenvalue weighted by molar-refractivity contribution is 0.102. The van der Waals surface area contributed by atoms with Gasteiger partial charge in [-0.15, -0.1) is 0 Å². The van der Waals surface area contributed by atoms with Gasteiger partial charge in [0, 0.05) is 60.9 Å². The minimum absolute atomic E-state index is 0.0957. The number of nitrogens with two attached hydrogens (primary N) is 1. The van der Waals surface area contributed by atoms with Crippen LogP contribution in [-0.2, 0) is 6.54 Å². The molecule has 0 aromatic heterocycles. The van der Waals surface area contributed by atoms with E-state index in [0.717, 1.165) is 79.2 Å². The number of hydrogen-bond acceptors (Lipinski definition) is 4. The van der Waals surface area contributed by atoms with Gasteiger partial charge in [-0.2, -0.15) is 0 Å². The fourth-order valence-electron chi connectivity index (χ4n) is 5.04. The van der Waals surface area contributed by atoms with Crippen LogP contribution in [0, 0.1) is 6.92 Å². The van der Waals surface area contributed by atoms with E-state index in [1.165, 1.54) is 11.3 Å². The van der Waals surface area contributed by atoms with Crippen LogP contribution in [-0.4, -0.2) is 37.0 Å². The number of nitrogens with one attached hydrogen (secondary N) is 1. The molecule has 0 unspecified atom stereocenters. The summed E-state index contributed by atoms with van der Waals surface area (Å²) >= 11 is 0. The predicted molar refractivity (Wildman–Crippen MR) is 165 cm³/mol. The summed E-state index contributed by atoms with van der Waals surface area (Å²) in [6.07, 6.45) is 4.38. The Morgan fingerprint density at radius 3 is 2.33 bits per heavy atom. The first-order valence-electron chi connectivity index (χ1n) is 14.0. The molecule has 5 nitrogen and oxygen atoms in total. The van der Waals surface area contributed by atoms with E-state index in [9.17, 15) is 4.79 Å². The molecule has 3 N–H and O–H groups in total. The molecule has 204 valence electrons. The minimum Gasteiger partial charge on any atom is -0.398 e. The van der Waals surface area contributed by atoms with Crippen LogP contribution in [0.5, 0.6) is 0 Å². The van der Waals surface area contributed by atoms with Gasteiger partial charge in [0.05, 0.1) is 0 Å². The number of para-hydroxylation sites is 1. The van der Waals surface area contributed by atoms with Gasteiger partial charge >= 0.3 is 0 Å². The summed E-state index contributed by atoms with van der Waals surface area (Å²) in [6, 6.07) is 24.5. The van der Waals surface area contributed by atoms with Crippen molar-refractivity contribution in [1.82, 2.24) is 4.90 Å². The third kappa shape index (κ3) is 7.18. The fraction of sp³-hybridized carbons (Fsp3) is 0.324. The smallest absolute Gasteiger partial charge is 0.255 e. The van der Waals surface area contributed by atoms with E-state index in [0.29, 0.717) is 5.56 Å². The molecule has 1 fully saturated rings. The molecule has 0 spiro atoms. The average Bonchev–Trinajstić information content (AvgIpc) is 2.97. The summed E-state index contributed by atoms with van der Waals surface area (Å²) in [5, 5.41) is 3.13. The Morgan fingerprint density at radius 1 is 0.923 bits per heavy atom. The standard InChI is InChI=1S/C34H42N4O/c1-5-6-12-25(2)27(4)33(35)32-23-29(18-17-26(32)3)36-34(39)31-16-11-10-13-28(31)24-37-19-21-38(22-20-37)30-14-8-7-9-15-30/h7-18,23H,5-6,19-22,24,35H2,1-4H3,(H,36,39)/b25-12+,33-27+. The summed E-state index contributed by atoms with van der Waals surface area (Å²) < 4.78 is 0. The lowest BCUT2D eigenvalue weighted by atomic mass is 9.97. The van der Waals surface area contributed by atoms with Crippen molar-refractivity contribution in [3.05, 3.63) is 112 Å². The highest BCUT2D eigenvalue weighted by atomic mass is 16.1. The molecule has 3 aromatic carbocycles. The SMILES string of the molecule is CCC/C=C(C)/C(C)=C(/N)c1cc(NC(=O)c2ccccc2CN2CCN(c3ccccc3)CC2)ccc1C. The van der Waals surface area contributed by atoms with Crippen LogP contribution in [0.3, 0.4) is 0 Å². The second-order valence-corrected chi connectivity index (χ2v) is 10.5. The maximum Gasteiger partial charge on any atom is 0.255 e. The van der Waals surface area contributed by atoms with E-state index in [1.807, 2.05) is 36.4 Å². The quantitative estimate of drug-likeness (QED) is 0.297. The number of amides is 1. The van der Waals surface area contributed by atoms with E-state index in [-0.39, 0.29) is 5.91 Å². The summed E-state index contributed by atoms with van der Waals surface area (Å²) in [5.41, 5.74) is 15.5. The monoisotopic (exact) mass is 522 g/mol. The van der Waals surface area contributed by atoms with Gasteiger partial charge in [0.2, 0.25) is 0 Å². The zero-order valence-electron chi connectivity index (χ0n) is 23.8. The van der Waals surface area contributed by atoms with Crippen LogP contribution in [0.2, 0.25) is 0 Å². The van der Waals surface area contributed by atoms with Crippen molar-refractivity contribution in [2.45, 2.75) is 47.1 Å². The van der Waals surface area contributed by atoms with Gasteiger partial charge < -0.3 is 16.0 Å². The number of benzene rings is 3. The summed E-state index contributed by atoms with van der Waals surface area (Å²) in [6.45, 7) is 13.0. The molecule has 1 amide bonds. The largest absolute Gasteiger partial charge is 0.398 e. The first-order valence-corrected chi connectivity index (χ1v) is 14.0. The first-order chi connectivity index (χ1) is 18.9. The minimum atomic E-state index is -0.0957. The molecule has 4 rings (SSSR count). The van der Waals surface area contributed by atoms with E-state index in [1.54, 1.807) is 0 Å². The zero-order valence-corrected chi connectivity index (χ0v) is 23.8. The molecule has 3 aromatic rings. The van der Waals surface area contributed by atoms with Crippen LogP contribution in [0.25, 0.3) is 5.70 Å². The van der Waals surface area contributed by atoms with Crippen molar-refractivity contribution in [2.75, 3.05) is 36.4 Å². The molecule has 1 aliphatic rings. The van der Waals surface area contributed by atoms with Crippen molar-refractivity contribution >= 4 is 23.0 Å². The van der Waals surface area contributed by atoms with E-state index >= 15 is 0 Å². The van der Waals surface area contributed by atoms with Crippen LogP contribution in [0.15, 0.2) is 90.0 Å². The van der Waals surface area contributed by atoms with E-state index in [4.69, 9.17) is 5.73 Å². The molecule has 1 saturated heterocycles. The molecular formula is C34H42N4O. The molecule has 5 heteroatoms. The van der Waals surface area contributed by atoms with E-state index in [2.05, 4.69) is 85.3 Å². The van der Waals surface area contributed by atoms with Gasteiger partial charge in [0.15, 0.2) is 0 Å². The van der Waals surface area contributed by atoms with Gasteiger partial charge in [-0.25, -0.2) is 0 Å². The predicted octanol–water partition coefficient (Wildman–Crippen LogP) is 7.01. The molecular weight excluding hydrogens is 480 g/mol. The lowest BCUT2D eigenvalue weighted by Crippen LogP contribution is -2.46. The Labute approximate surface area is 234 Å². The Bertz CT molecular complexity index is 1330. The molecule has 1 heterocycles. The molecule has 0 bridgehead atoms. The number of carbonyl (C=O) groups excluding carboxylic acids is 1. The maximum atomic E-state index is 13.4. The third-order valence-corrected chi connectivity index (χ3v) is 7.67. The molecule has 0 aliphatic carbocycles. The number of unbranched alkanes of at least 4 members (excludes halogenated alkanes) is 1. The topological polar surface area (TPSA) is 61.6 Å². The number of piperazine rings is 1. The van der Waals surface area contributed by atoms with Crippen LogP contribution in [0.1, 0.15) is 60.7 Å². The van der Waals surface area contributed by atoms with Crippen molar-refractivity contribution in [2.24, 2.45) is 5.73 Å². The van der Waals surface area contributed by atoms with Gasteiger partial charge in [0.1, 0.15) is 0 Å². The lowest BCUT2D eigenvalue weighted by Gasteiger charge is -2.36. The highest BCUT2D eigenvalue weighted by molar-refractivity contribution is 6.05. The van der Waals surface area contributed by atoms with Gasteiger partial charge in [-0.3, -0.25) is 9.69 Å². The van der Waals surface area contributed by atoms with Gasteiger partial charge in [-0.1, -0.05) is 67.5 Å². The highest BCUT2D eigenvalue weighted by Crippen LogP contribution is 2.26. The zero-order chi connectivity index (χ0) is 27.8. The molecule has 1 aliphatic heterocycles. The Balaban J connectivity index is 1.46. The summed E-state index contributed by atoms with van der Waals surface area (Å²) in [5.74, 6) is -0.0957. The van der Waals surface area contributed by atoms with Gasteiger partial charge in [-0.05, 0) is 74.2 Å². The highest BCUT2D eigenvalue weighted by Gasteiger charge is 2.20. The van der Waals surface area contributed by atoms with Crippen molar-refractivity contribution in [3.63, 3.8) is 0 Å².